The number of hydrogen-bond acceptors (Lipinski definition) is 6. The van der Waals surface area contributed by atoms with E-state index < -0.39 is 24.0 Å². The van der Waals surface area contributed by atoms with Crippen LogP contribution in [0.1, 0.15) is 16.0 Å². The Morgan fingerprint density at radius 1 is 0.944 bits per heavy atom. The van der Waals surface area contributed by atoms with Crippen molar-refractivity contribution < 1.29 is 28.6 Å². The number of anilines is 1. The Morgan fingerprint density at radius 3 is 2.42 bits per heavy atom. The lowest BCUT2D eigenvalue weighted by atomic mass is 10.1. The van der Waals surface area contributed by atoms with Gasteiger partial charge in [-0.1, -0.05) is 24.3 Å². The predicted molar refractivity (Wildman–Crippen MR) is 133 cm³/mol. The quantitative estimate of drug-likeness (QED) is 0.428. The molecule has 3 N–H and O–H groups in total. The van der Waals surface area contributed by atoms with Gasteiger partial charge in [0.15, 0.2) is 12.2 Å². The van der Waals surface area contributed by atoms with Crippen LogP contribution in [-0.4, -0.2) is 65.3 Å². The first kappa shape index (κ1) is 25.7. The number of hydrogen-bond donors (Lipinski definition) is 3. The molecule has 2 aromatic carbocycles. The molecule has 1 aliphatic heterocycles. The highest BCUT2D eigenvalue weighted by molar-refractivity contribution is 7.10. The second-order valence-corrected chi connectivity index (χ2v) is 9.59. The first-order chi connectivity index (χ1) is 17.3. The first-order valence-corrected chi connectivity index (χ1v) is 12.4. The Balaban J connectivity index is 1.25. The molecule has 1 fully saturated rings. The lowest BCUT2D eigenvalue weighted by molar-refractivity contribution is -0.153. The summed E-state index contributed by atoms with van der Waals surface area (Å²) < 4.78 is 27.4. The molecule has 10 heteroatoms. The van der Waals surface area contributed by atoms with Gasteiger partial charge in [-0.3, -0.25) is 9.59 Å². The molecule has 2 atom stereocenters. The van der Waals surface area contributed by atoms with Crippen molar-refractivity contribution in [2.75, 3.05) is 31.1 Å². The van der Waals surface area contributed by atoms with Crippen LogP contribution in [0.3, 0.4) is 0 Å². The number of aliphatic hydroxyl groups is 2. The minimum Gasteiger partial charge on any atom is -0.380 e. The third kappa shape index (κ3) is 6.26. The summed E-state index contributed by atoms with van der Waals surface area (Å²) in [5.74, 6) is -2.26. The summed E-state index contributed by atoms with van der Waals surface area (Å²) in [5, 5.41) is 25.0. The van der Waals surface area contributed by atoms with Crippen molar-refractivity contribution in [1.29, 1.82) is 0 Å². The van der Waals surface area contributed by atoms with Gasteiger partial charge >= 0.3 is 0 Å². The fourth-order valence-electron chi connectivity index (χ4n) is 4.11. The minimum atomic E-state index is -1.92. The van der Waals surface area contributed by atoms with Crippen LogP contribution in [0.5, 0.6) is 0 Å². The van der Waals surface area contributed by atoms with E-state index >= 15 is 0 Å². The van der Waals surface area contributed by atoms with Crippen LogP contribution in [0.25, 0.3) is 0 Å². The average molecular weight is 516 g/mol. The number of thiophene rings is 1. The molecular formula is C26H27F2N3O4S. The summed E-state index contributed by atoms with van der Waals surface area (Å²) in [7, 11) is 0. The number of para-hydroxylation sites is 1. The van der Waals surface area contributed by atoms with Gasteiger partial charge in [0.05, 0.1) is 12.2 Å². The van der Waals surface area contributed by atoms with Crippen LogP contribution in [0.4, 0.5) is 14.5 Å². The molecule has 4 rings (SSSR count). The van der Waals surface area contributed by atoms with Gasteiger partial charge in [0.25, 0.3) is 11.8 Å². The van der Waals surface area contributed by atoms with Crippen molar-refractivity contribution in [3.8, 4) is 0 Å². The zero-order chi connectivity index (χ0) is 25.7. The Bertz CT molecular complexity index is 1210. The Labute approximate surface area is 211 Å². The van der Waals surface area contributed by atoms with E-state index in [9.17, 15) is 28.6 Å². The average Bonchev–Trinajstić information content (AvgIpc) is 3.33. The molecule has 0 spiro atoms. The summed E-state index contributed by atoms with van der Waals surface area (Å²) in [6.07, 6.45) is -3.28. The number of halogens is 2. The lowest BCUT2D eigenvalue weighted by Gasteiger charge is -2.37. The van der Waals surface area contributed by atoms with Gasteiger partial charge in [0.1, 0.15) is 11.6 Å². The maximum atomic E-state index is 14.0. The summed E-state index contributed by atoms with van der Waals surface area (Å²) in [6.45, 7) is 1.28. The third-order valence-electron chi connectivity index (χ3n) is 6.05. The molecule has 36 heavy (non-hydrogen) atoms. The van der Waals surface area contributed by atoms with Crippen molar-refractivity contribution in [2.24, 2.45) is 0 Å². The lowest BCUT2D eigenvalue weighted by Crippen LogP contribution is -2.55. The first-order valence-electron chi connectivity index (χ1n) is 11.5. The van der Waals surface area contributed by atoms with Crippen LogP contribution in [0.2, 0.25) is 0 Å². The number of amides is 2. The molecule has 190 valence electrons. The smallest absolute Gasteiger partial charge is 0.254 e. The summed E-state index contributed by atoms with van der Waals surface area (Å²) in [5.41, 5.74) is 2.23. The topological polar surface area (TPSA) is 93.1 Å². The highest BCUT2D eigenvalue weighted by atomic mass is 32.1. The molecule has 0 unspecified atom stereocenters. The number of piperazine rings is 1. The fraction of sp³-hybridized carbons (Fsp3) is 0.308. The monoisotopic (exact) mass is 515 g/mol. The van der Waals surface area contributed by atoms with Crippen molar-refractivity contribution in [3.05, 3.63) is 87.6 Å². The molecule has 1 saturated heterocycles. The molecular weight excluding hydrogens is 488 g/mol. The number of carbonyl (C=O) groups is 2. The molecule has 2 heterocycles. The van der Waals surface area contributed by atoms with Gasteiger partial charge in [-0.05, 0) is 53.3 Å². The van der Waals surface area contributed by atoms with Crippen LogP contribution >= 0.6 is 11.3 Å². The van der Waals surface area contributed by atoms with Crippen molar-refractivity contribution >= 4 is 28.8 Å². The van der Waals surface area contributed by atoms with E-state index in [2.05, 4.69) is 5.32 Å². The van der Waals surface area contributed by atoms with Crippen LogP contribution < -0.4 is 10.2 Å². The maximum absolute atomic E-state index is 14.0. The molecule has 7 nitrogen and oxygen atoms in total. The fourth-order valence-corrected chi connectivity index (χ4v) is 4.94. The summed E-state index contributed by atoms with van der Waals surface area (Å²) in [4.78, 5) is 29.0. The van der Waals surface area contributed by atoms with Gasteiger partial charge < -0.3 is 25.3 Å². The van der Waals surface area contributed by atoms with E-state index in [1.165, 1.54) is 34.4 Å². The van der Waals surface area contributed by atoms with E-state index in [-0.39, 0.29) is 31.3 Å². The van der Waals surface area contributed by atoms with Crippen molar-refractivity contribution in [2.45, 2.75) is 25.2 Å². The third-order valence-corrected chi connectivity index (χ3v) is 7.03. The Hall–Kier alpha value is -3.34. The van der Waals surface area contributed by atoms with Crippen LogP contribution in [-0.2, 0) is 22.6 Å². The molecule has 0 bridgehead atoms. The summed E-state index contributed by atoms with van der Waals surface area (Å²) in [6, 6.07) is 14.6. The Morgan fingerprint density at radius 2 is 1.69 bits per heavy atom. The van der Waals surface area contributed by atoms with E-state index in [4.69, 9.17) is 0 Å². The molecule has 0 radical (unpaired) electrons. The molecule has 2 amide bonds. The highest BCUT2D eigenvalue weighted by Gasteiger charge is 2.34. The van der Waals surface area contributed by atoms with E-state index in [0.29, 0.717) is 25.2 Å². The van der Waals surface area contributed by atoms with E-state index in [1.807, 2.05) is 17.5 Å². The normalized spacial score (nSPS) is 15.4. The van der Waals surface area contributed by atoms with Gasteiger partial charge in [-0.15, -0.1) is 11.3 Å². The molecule has 0 aliphatic carbocycles. The largest absolute Gasteiger partial charge is 0.380 e. The standard InChI is InChI=1S/C26H27F2N3O4S/c27-19-5-3-4-17(13-19)12-18-14-20(36-16-18)15-29-25(34)23(32)24(33)26(35)31-10-8-30(9-11-31)22-7-2-1-6-21(22)28/h1-7,13-14,16,23-24,32-33H,8-12,15H2,(H,29,34)/t23-,24-/m1/s1. The van der Waals surface area contributed by atoms with Crippen LogP contribution in [0.15, 0.2) is 60.0 Å². The van der Waals surface area contributed by atoms with Crippen molar-refractivity contribution in [3.63, 3.8) is 0 Å². The zero-order valence-corrected chi connectivity index (χ0v) is 20.3. The molecule has 1 aromatic heterocycles. The van der Waals surface area contributed by atoms with E-state index in [0.717, 1.165) is 16.0 Å². The maximum Gasteiger partial charge on any atom is 0.254 e. The molecule has 1 aliphatic rings. The number of carbonyl (C=O) groups excluding carboxylic acids is 2. The number of benzene rings is 2. The highest BCUT2D eigenvalue weighted by Crippen LogP contribution is 2.21. The van der Waals surface area contributed by atoms with E-state index in [1.54, 1.807) is 29.2 Å². The van der Waals surface area contributed by atoms with Gasteiger partial charge in [0, 0.05) is 31.1 Å². The van der Waals surface area contributed by atoms with Crippen molar-refractivity contribution in [1.82, 2.24) is 10.2 Å². The second kappa shape index (κ2) is 11.6. The number of rotatable bonds is 8. The summed E-state index contributed by atoms with van der Waals surface area (Å²) >= 11 is 1.40. The molecule has 0 saturated carbocycles. The number of nitrogens with zero attached hydrogens (tertiary/aromatic N) is 2. The zero-order valence-electron chi connectivity index (χ0n) is 19.4. The van der Waals surface area contributed by atoms with Crippen LogP contribution in [0, 0.1) is 11.6 Å². The number of nitrogens with one attached hydrogen (secondary N) is 1. The second-order valence-electron chi connectivity index (χ2n) is 8.60. The number of aliphatic hydroxyl groups excluding tert-OH is 2. The minimum absolute atomic E-state index is 0.117. The predicted octanol–water partition coefficient (Wildman–Crippen LogP) is 2.30. The Kier molecular flexibility index (Phi) is 8.29. The molecule has 3 aromatic rings. The van der Waals surface area contributed by atoms with Gasteiger partial charge in [0.2, 0.25) is 0 Å². The SMILES string of the molecule is O=C(NCc1cc(Cc2cccc(F)c2)cs1)[C@H](O)[C@@H](O)C(=O)N1CCN(c2ccccc2F)CC1. The van der Waals surface area contributed by atoms with Gasteiger partial charge in [-0.2, -0.15) is 0 Å². The van der Waals surface area contributed by atoms with Gasteiger partial charge in [-0.25, -0.2) is 8.78 Å².